The monoisotopic (exact) mass is 246 g/mol. The molecule has 2 rings (SSSR count). The van der Waals surface area contributed by atoms with Crippen LogP contribution in [-0.4, -0.2) is 14.1 Å². The summed E-state index contributed by atoms with van der Waals surface area (Å²) in [7, 11) is 4.10. The molecule has 2 aromatic rings. The van der Waals surface area contributed by atoms with Crippen LogP contribution in [0, 0.1) is 0 Å². The summed E-state index contributed by atoms with van der Waals surface area (Å²) in [6, 6.07) is 13.0. The minimum Gasteiger partial charge on any atom is -0.369 e. The SMILES string of the molecule is CNCc1ccc(N(C)Cc2cccs2)cc1. The number of anilines is 1. The third-order valence-corrected chi connectivity index (χ3v) is 3.59. The third kappa shape index (κ3) is 3.32. The van der Waals surface area contributed by atoms with Gasteiger partial charge in [-0.05, 0) is 36.2 Å². The highest BCUT2D eigenvalue weighted by Crippen LogP contribution is 2.18. The maximum atomic E-state index is 3.16. The first kappa shape index (κ1) is 12.1. The lowest BCUT2D eigenvalue weighted by molar-refractivity contribution is 0.817. The molecule has 0 bridgehead atoms. The molecule has 1 heterocycles. The minimum atomic E-state index is 0.926. The van der Waals surface area contributed by atoms with Gasteiger partial charge in [-0.25, -0.2) is 0 Å². The predicted molar refractivity (Wildman–Crippen MR) is 75.6 cm³/mol. The van der Waals surface area contributed by atoms with Crippen LogP contribution in [0.15, 0.2) is 41.8 Å². The second-order valence-electron chi connectivity index (χ2n) is 4.13. The zero-order chi connectivity index (χ0) is 12.1. The minimum absolute atomic E-state index is 0.926. The molecule has 0 atom stereocenters. The number of hydrogen-bond acceptors (Lipinski definition) is 3. The number of nitrogens with one attached hydrogen (secondary N) is 1. The molecular formula is C14H18N2S. The van der Waals surface area contributed by atoms with Gasteiger partial charge in [-0.1, -0.05) is 18.2 Å². The van der Waals surface area contributed by atoms with Crippen molar-refractivity contribution in [2.24, 2.45) is 0 Å². The maximum absolute atomic E-state index is 3.16. The smallest absolute Gasteiger partial charge is 0.0519 e. The van der Waals surface area contributed by atoms with Crippen LogP contribution >= 0.6 is 11.3 Å². The van der Waals surface area contributed by atoms with E-state index in [1.807, 2.05) is 7.05 Å². The summed E-state index contributed by atoms with van der Waals surface area (Å²) < 4.78 is 0. The Kier molecular flexibility index (Phi) is 4.18. The fourth-order valence-corrected chi connectivity index (χ4v) is 2.56. The molecule has 0 spiro atoms. The van der Waals surface area contributed by atoms with Crippen molar-refractivity contribution in [2.75, 3.05) is 19.0 Å². The molecule has 0 aliphatic heterocycles. The van der Waals surface area contributed by atoms with Crippen LogP contribution in [-0.2, 0) is 13.1 Å². The lowest BCUT2D eigenvalue weighted by Crippen LogP contribution is -2.15. The van der Waals surface area contributed by atoms with E-state index in [0.717, 1.165) is 13.1 Å². The van der Waals surface area contributed by atoms with Gasteiger partial charge < -0.3 is 10.2 Å². The van der Waals surface area contributed by atoms with E-state index < -0.39 is 0 Å². The Labute approximate surface area is 107 Å². The molecule has 90 valence electrons. The molecule has 1 N–H and O–H groups in total. The number of benzene rings is 1. The van der Waals surface area contributed by atoms with Gasteiger partial charge in [0.1, 0.15) is 0 Å². The first-order chi connectivity index (χ1) is 8.29. The normalized spacial score (nSPS) is 10.5. The molecule has 0 aliphatic carbocycles. The molecule has 0 fully saturated rings. The largest absolute Gasteiger partial charge is 0.369 e. The second kappa shape index (κ2) is 5.84. The van der Waals surface area contributed by atoms with Crippen LogP contribution in [0.3, 0.4) is 0 Å². The summed E-state index contributed by atoms with van der Waals surface area (Å²) in [5.41, 5.74) is 2.58. The summed E-state index contributed by atoms with van der Waals surface area (Å²) in [4.78, 5) is 3.67. The van der Waals surface area contributed by atoms with Gasteiger partial charge in [-0.2, -0.15) is 0 Å². The Morgan fingerprint density at radius 3 is 2.53 bits per heavy atom. The second-order valence-corrected chi connectivity index (χ2v) is 5.16. The van der Waals surface area contributed by atoms with E-state index in [-0.39, 0.29) is 0 Å². The van der Waals surface area contributed by atoms with Crippen LogP contribution in [0.25, 0.3) is 0 Å². The zero-order valence-corrected chi connectivity index (χ0v) is 11.1. The van der Waals surface area contributed by atoms with Gasteiger partial charge in [0.2, 0.25) is 0 Å². The van der Waals surface area contributed by atoms with Crippen LogP contribution in [0.2, 0.25) is 0 Å². The Balaban J connectivity index is 2.01. The Morgan fingerprint density at radius 1 is 1.18 bits per heavy atom. The van der Waals surface area contributed by atoms with Gasteiger partial charge in [0.05, 0.1) is 6.54 Å². The number of hydrogen-bond donors (Lipinski definition) is 1. The fourth-order valence-electron chi connectivity index (χ4n) is 1.80. The summed E-state index contributed by atoms with van der Waals surface area (Å²) in [6.45, 7) is 1.90. The summed E-state index contributed by atoms with van der Waals surface area (Å²) >= 11 is 1.81. The third-order valence-electron chi connectivity index (χ3n) is 2.73. The van der Waals surface area contributed by atoms with Crippen LogP contribution in [0.4, 0.5) is 5.69 Å². The van der Waals surface area contributed by atoms with Gasteiger partial charge in [0.25, 0.3) is 0 Å². The Bertz CT molecular complexity index is 434. The van der Waals surface area contributed by atoms with Crippen LogP contribution in [0.1, 0.15) is 10.4 Å². The zero-order valence-electron chi connectivity index (χ0n) is 10.3. The molecule has 17 heavy (non-hydrogen) atoms. The predicted octanol–water partition coefficient (Wildman–Crippen LogP) is 3.10. The van der Waals surface area contributed by atoms with E-state index in [2.05, 4.69) is 59.0 Å². The highest BCUT2D eigenvalue weighted by Gasteiger charge is 2.02. The molecule has 2 nitrogen and oxygen atoms in total. The molecule has 0 aliphatic rings. The topological polar surface area (TPSA) is 15.3 Å². The molecule has 0 saturated heterocycles. The number of nitrogens with zero attached hydrogens (tertiary/aromatic N) is 1. The molecule has 1 aromatic heterocycles. The van der Waals surface area contributed by atoms with Gasteiger partial charge >= 0.3 is 0 Å². The summed E-state index contributed by atoms with van der Waals surface area (Å²) in [5.74, 6) is 0. The maximum Gasteiger partial charge on any atom is 0.0519 e. The lowest BCUT2D eigenvalue weighted by atomic mass is 10.2. The van der Waals surface area contributed by atoms with Crippen molar-refractivity contribution in [3.05, 3.63) is 52.2 Å². The highest BCUT2D eigenvalue weighted by atomic mass is 32.1. The van der Waals surface area contributed by atoms with Crippen molar-refractivity contribution >= 4 is 17.0 Å². The van der Waals surface area contributed by atoms with Crippen LogP contribution in [0.5, 0.6) is 0 Å². The lowest BCUT2D eigenvalue weighted by Gasteiger charge is -2.18. The van der Waals surface area contributed by atoms with Gasteiger partial charge in [-0.3, -0.25) is 0 Å². The molecule has 0 unspecified atom stereocenters. The van der Waals surface area contributed by atoms with E-state index in [0.29, 0.717) is 0 Å². The van der Waals surface area contributed by atoms with Crippen molar-refractivity contribution in [2.45, 2.75) is 13.1 Å². The molecule has 0 amide bonds. The Morgan fingerprint density at radius 2 is 1.94 bits per heavy atom. The summed E-state index contributed by atoms with van der Waals surface area (Å²) in [6.07, 6.45) is 0. The first-order valence-corrected chi connectivity index (χ1v) is 6.64. The summed E-state index contributed by atoms with van der Waals surface area (Å²) in [5, 5.41) is 5.28. The standard InChI is InChI=1S/C14H18N2S/c1-15-10-12-5-7-13(8-6-12)16(2)11-14-4-3-9-17-14/h3-9,15H,10-11H2,1-2H3. The van der Waals surface area contributed by atoms with Gasteiger partial charge in [-0.15, -0.1) is 11.3 Å². The fraction of sp³-hybridized carbons (Fsp3) is 0.286. The number of thiophene rings is 1. The van der Waals surface area contributed by atoms with E-state index in [4.69, 9.17) is 0 Å². The van der Waals surface area contributed by atoms with Crippen molar-refractivity contribution in [3.8, 4) is 0 Å². The van der Waals surface area contributed by atoms with E-state index in [1.165, 1.54) is 16.1 Å². The molecular weight excluding hydrogens is 228 g/mol. The van der Waals surface area contributed by atoms with Crippen molar-refractivity contribution < 1.29 is 0 Å². The molecule has 0 saturated carbocycles. The van der Waals surface area contributed by atoms with E-state index >= 15 is 0 Å². The number of rotatable bonds is 5. The average molecular weight is 246 g/mol. The molecule has 1 aromatic carbocycles. The van der Waals surface area contributed by atoms with Crippen molar-refractivity contribution in [1.82, 2.24) is 5.32 Å². The van der Waals surface area contributed by atoms with Crippen LogP contribution < -0.4 is 10.2 Å². The molecule has 3 heteroatoms. The first-order valence-electron chi connectivity index (χ1n) is 5.76. The van der Waals surface area contributed by atoms with Gasteiger partial charge in [0.15, 0.2) is 0 Å². The van der Waals surface area contributed by atoms with E-state index in [1.54, 1.807) is 11.3 Å². The van der Waals surface area contributed by atoms with Crippen molar-refractivity contribution in [1.29, 1.82) is 0 Å². The van der Waals surface area contributed by atoms with E-state index in [9.17, 15) is 0 Å². The van der Waals surface area contributed by atoms with Crippen molar-refractivity contribution in [3.63, 3.8) is 0 Å². The highest BCUT2D eigenvalue weighted by molar-refractivity contribution is 7.09. The van der Waals surface area contributed by atoms with Gasteiger partial charge in [0, 0.05) is 24.2 Å². The Hall–Kier alpha value is -1.32. The average Bonchev–Trinajstić information content (AvgIpc) is 2.83. The quantitative estimate of drug-likeness (QED) is 0.872. The molecule has 0 radical (unpaired) electrons.